The summed E-state index contributed by atoms with van der Waals surface area (Å²) < 4.78 is 0. The first-order chi connectivity index (χ1) is 8.18. The van der Waals surface area contributed by atoms with E-state index in [1.54, 1.807) is 6.20 Å². The van der Waals surface area contributed by atoms with Gasteiger partial charge in [-0.05, 0) is 31.9 Å². The summed E-state index contributed by atoms with van der Waals surface area (Å²) in [4.78, 5) is 6.59. The molecule has 2 atom stereocenters. The van der Waals surface area contributed by atoms with Gasteiger partial charge in [-0.2, -0.15) is 0 Å². The molecule has 0 aliphatic heterocycles. The van der Waals surface area contributed by atoms with Gasteiger partial charge in [0.15, 0.2) is 0 Å². The van der Waals surface area contributed by atoms with Crippen LogP contribution >= 0.6 is 0 Å². The Balaban J connectivity index is 2.01. The molecule has 0 spiro atoms. The lowest BCUT2D eigenvalue weighted by atomic mass is 9.85. The largest absolute Gasteiger partial charge is 0.383 e. The lowest BCUT2D eigenvalue weighted by Gasteiger charge is -2.36. The molecule has 0 radical (unpaired) electrons. The number of nitrogens with zero attached hydrogens (tertiary/aromatic N) is 2. The van der Waals surface area contributed by atoms with Gasteiger partial charge in [-0.15, -0.1) is 0 Å². The Hall–Kier alpha value is -1.09. The average molecular weight is 233 g/mol. The van der Waals surface area contributed by atoms with E-state index in [9.17, 15) is 0 Å². The van der Waals surface area contributed by atoms with Gasteiger partial charge in [0.25, 0.3) is 0 Å². The molecule has 0 aromatic carbocycles. The molecule has 1 aliphatic rings. The van der Waals surface area contributed by atoms with Gasteiger partial charge in [0.2, 0.25) is 0 Å². The monoisotopic (exact) mass is 233 g/mol. The molecule has 2 unspecified atom stereocenters. The van der Waals surface area contributed by atoms with Crippen molar-refractivity contribution in [2.75, 3.05) is 12.8 Å². The molecular weight excluding hydrogens is 210 g/mol. The van der Waals surface area contributed by atoms with E-state index in [2.05, 4.69) is 29.9 Å². The van der Waals surface area contributed by atoms with Crippen molar-refractivity contribution in [1.29, 1.82) is 0 Å². The van der Waals surface area contributed by atoms with E-state index >= 15 is 0 Å². The van der Waals surface area contributed by atoms with Gasteiger partial charge >= 0.3 is 0 Å². The first kappa shape index (κ1) is 12.4. The van der Waals surface area contributed by atoms with Crippen LogP contribution in [0.1, 0.15) is 38.2 Å². The van der Waals surface area contributed by atoms with E-state index in [0.717, 1.165) is 18.0 Å². The maximum absolute atomic E-state index is 5.90. The molecule has 1 saturated carbocycles. The SMILES string of the molecule is CC1CCCCC1N(C)Cc1cccnc1N. The number of hydrogen-bond donors (Lipinski definition) is 1. The first-order valence-corrected chi connectivity index (χ1v) is 6.58. The van der Waals surface area contributed by atoms with Crippen molar-refractivity contribution in [3.8, 4) is 0 Å². The first-order valence-electron chi connectivity index (χ1n) is 6.58. The van der Waals surface area contributed by atoms with Crippen LogP contribution in [-0.2, 0) is 6.54 Å². The minimum atomic E-state index is 0.669. The number of rotatable bonds is 3. The predicted molar refractivity (Wildman–Crippen MR) is 71.5 cm³/mol. The molecule has 17 heavy (non-hydrogen) atoms. The van der Waals surface area contributed by atoms with Crippen molar-refractivity contribution in [2.45, 2.75) is 45.2 Å². The zero-order valence-electron chi connectivity index (χ0n) is 10.9. The molecule has 2 N–H and O–H groups in total. The summed E-state index contributed by atoms with van der Waals surface area (Å²) in [6.07, 6.45) is 7.18. The van der Waals surface area contributed by atoms with Crippen LogP contribution in [0.3, 0.4) is 0 Å². The highest BCUT2D eigenvalue weighted by atomic mass is 15.1. The molecule has 94 valence electrons. The zero-order chi connectivity index (χ0) is 12.3. The highest BCUT2D eigenvalue weighted by Crippen LogP contribution is 2.28. The van der Waals surface area contributed by atoms with E-state index in [-0.39, 0.29) is 0 Å². The zero-order valence-corrected chi connectivity index (χ0v) is 10.9. The van der Waals surface area contributed by atoms with Crippen molar-refractivity contribution in [3.63, 3.8) is 0 Å². The second-order valence-electron chi connectivity index (χ2n) is 5.29. The number of pyridine rings is 1. The third-order valence-corrected chi connectivity index (χ3v) is 3.98. The Bertz CT molecular complexity index is 364. The molecule has 0 amide bonds. The lowest BCUT2D eigenvalue weighted by molar-refractivity contribution is 0.133. The number of hydrogen-bond acceptors (Lipinski definition) is 3. The van der Waals surface area contributed by atoms with Crippen LogP contribution in [0.15, 0.2) is 18.3 Å². The average Bonchev–Trinajstić information content (AvgIpc) is 2.32. The van der Waals surface area contributed by atoms with Gasteiger partial charge in [-0.3, -0.25) is 4.90 Å². The van der Waals surface area contributed by atoms with E-state index in [0.29, 0.717) is 11.9 Å². The van der Waals surface area contributed by atoms with Crippen molar-refractivity contribution < 1.29 is 0 Å². The third-order valence-electron chi connectivity index (χ3n) is 3.98. The van der Waals surface area contributed by atoms with Gasteiger partial charge < -0.3 is 5.73 Å². The molecule has 3 heteroatoms. The Kier molecular flexibility index (Phi) is 4.00. The topological polar surface area (TPSA) is 42.2 Å². The molecule has 1 heterocycles. The van der Waals surface area contributed by atoms with E-state index in [1.807, 2.05) is 6.07 Å². The highest BCUT2D eigenvalue weighted by molar-refractivity contribution is 5.38. The van der Waals surface area contributed by atoms with Crippen LogP contribution < -0.4 is 5.73 Å². The predicted octanol–water partition coefficient (Wildman–Crippen LogP) is 2.67. The second kappa shape index (κ2) is 5.50. The summed E-state index contributed by atoms with van der Waals surface area (Å²) >= 11 is 0. The summed E-state index contributed by atoms with van der Waals surface area (Å²) in [7, 11) is 2.21. The Morgan fingerprint density at radius 1 is 1.41 bits per heavy atom. The third kappa shape index (κ3) is 2.97. The number of anilines is 1. The van der Waals surface area contributed by atoms with Crippen LogP contribution in [-0.4, -0.2) is 23.0 Å². The fourth-order valence-corrected chi connectivity index (χ4v) is 2.92. The number of nitrogens with two attached hydrogens (primary N) is 1. The minimum Gasteiger partial charge on any atom is -0.383 e. The normalized spacial score (nSPS) is 25.1. The molecule has 1 aromatic rings. The highest BCUT2D eigenvalue weighted by Gasteiger charge is 2.25. The quantitative estimate of drug-likeness (QED) is 0.872. The van der Waals surface area contributed by atoms with Crippen molar-refractivity contribution in [2.24, 2.45) is 5.92 Å². The van der Waals surface area contributed by atoms with E-state index in [4.69, 9.17) is 5.73 Å². The van der Waals surface area contributed by atoms with Gasteiger partial charge in [0, 0.05) is 24.3 Å². The summed E-state index contributed by atoms with van der Waals surface area (Å²) in [6.45, 7) is 3.28. The van der Waals surface area contributed by atoms with Crippen LogP contribution in [0.25, 0.3) is 0 Å². The van der Waals surface area contributed by atoms with Crippen molar-refractivity contribution in [3.05, 3.63) is 23.9 Å². The van der Waals surface area contributed by atoms with Crippen LogP contribution in [0.5, 0.6) is 0 Å². The molecule has 1 fully saturated rings. The van der Waals surface area contributed by atoms with Crippen molar-refractivity contribution in [1.82, 2.24) is 9.88 Å². The Labute approximate surface area is 104 Å². The van der Waals surface area contributed by atoms with E-state index < -0.39 is 0 Å². The molecule has 3 nitrogen and oxygen atoms in total. The van der Waals surface area contributed by atoms with Crippen LogP contribution in [0, 0.1) is 5.92 Å². The molecule has 2 rings (SSSR count). The molecule has 0 bridgehead atoms. The second-order valence-corrected chi connectivity index (χ2v) is 5.29. The molecular formula is C14H23N3. The van der Waals surface area contributed by atoms with Crippen LogP contribution in [0.2, 0.25) is 0 Å². The number of nitrogen functional groups attached to an aromatic ring is 1. The molecule has 0 saturated heterocycles. The maximum atomic E-state index is 5.90. The fourth-order valence-electron chi connectivity index (χ4n) is 2.92. The Morgan fingerprint density at radius 2 is 2.18 bits per heavy atom. The summed E-state index contributed by atoms with van der Waals surface area (Å²) in [5, 5.41) is 0. The van der Waals surface area contributed by atoms with Gasteiger partial charge in [-0.25, -0.2) is 4.98 Å². The Morgan fingerprint density at radius 3 is 2.88 bits per heavy atom. The summed E-state index contributed by atoms with van der Waals surface area (Å²) in [5.74, 6) is 1.47. The van der Waals surface area contributed by atoms with Gasteiger partial charge in [-0.1, -0.05) is 25.8 Å². The minimum absolute atomic E-state index is 0.669. The molecule has 1 aromatic heterocycles. The number of aromatic nitrogens is 1. The van der Waals surface area contributed by atoms with Gasteiger partial charge in [0.1, 0.15) is 5.82 Å². The maximum Gasteiger partial charge on any atom is 0.127 e. The van der Waals surface area contributed by atoms with Crippen LogP contribution in [0.4, 0.5) is 5.82 Å². The smallest absolute Gasteiger partial charge is 0.127 e. The summed E-state index contributed by atoms with van der Waals surface area (Å²) in [5.41, 5.74) is 7.04. The lowest BCUT2D eigenvalue weighted by Crippen LogP contribution is -2.38. The molecule has 1 aliphatic carbocycles. The van der Waals surface area contributed by atoms with E-state index in [1.165, 1.54) is 25.7 Å². The summed E-state index contributed by atoms with van der Waals surface area (Å²) in [6, 6.07) is 4.74. The fraction of sp³-hybridized carbons (Fsp3) is 0.643. The van der Waals surface area contributed by atoms with Gasteiger partial charge in [0.05, 0.1) is 0 Å². The standard InChI is InChI=1S/C14H23N3/c1-11-6-3-4-8-13(11)17(2)10-12-7-5-9-16-14(12)15/h5,7,9,11,13H,3-4,6,8,10H2,1-2H3,(H2,15,16). The van der Waals surface area contributed by atoms with Crippen molar-refractivity contribution >= 4 is 5.82 Å².